The molecule has 3 nitrogen and oxygen atoms in total. The van der Waals surface area contributed by atoms with Crippen molar-refractivity contribution in [3.05, 3.63) is 0 Å². The van der Waals surface area contributed by atoms with Crippen molar-refractivity contribution < 1.29 is 14.1 Å². The summed E-state index contributed by atoms with van der Waals surface area (Å²) in [5.74, 6) is 0. The molecule has 0 radical (unpaired) electrons. The van der Waals surface area contributed by atoms with Gasteiger partial charge in [-0.25, -0.2) is 0 Å². The molecule has 0 spiro atoms. The van der Waals surface area contributed by atoms with Gasteiger partial charge in [-0.15, -0.1) is 0 Å². The number of hydrogen-bond acceptors (Lipinski definition) is 3. The number of halogens is 2. The van der Waals surface area contributed by atoms with Crippen LogP contribution < -0.4 is 0 Å². The van der Waals surface area contributed by atoms with E-state index >= 15 is 0 Å². The third kappa shape index (κ3) is 36.3. The van der Waals surface area contributed by atoms with Gasteiger partial charge in [-0.05, 0) is 19.3 Å². The highest BCUT2D eigenvalue weighted by molar-refractivity contribution is 7.59. The molecule has 0 saturated heterocycles. The fourth-order valence-electron chi connectivity index (χ4n) is 0.400. The molecule has 0 aliphatic heterocycles. The van der Waals surface area contributed by atoms with Crippen molar-refractivity contribution >= 4 is 37.2 Å². The fourth-order valence-corrected chi connectivity index (χ4v) is 0.400. The largest absolute Gasteiger partial charge is 0.396 e. The van der Waals surface area contributed by atoms with E-state index < -0.39 is 0 Å². The highest BCUT2D eigenvalue weighted by Gasteiger charge is 1.81. The normalized spacial score (nSPS) is 7.64. The van der Waals surface area contributed by atoms with E-state index in [0.29, 0.717) is 0 Å². The number of rotatable bonds is 4. The van der Waals surface area contributed by atoms with Crippen LogP contribution in [-0.2, 0) is 3.84 Å². The highest BCUT2D eigenvalue weighted by atomic mass is 35.6. The number of hydrogen-bond donors (Lipinski definition) is 2. The average Bonchev–Trinajstić information content (AvgIpc) is 1.91. The van der Waals surface area contributed by atoms with Crippen molar-refractivity contribution in [3.8, 4) is 0 Å². The molecule has 0 fully saturated rings. The third-order valence-electron chi connectivity index (χ3n) is 0.816. The quantitative estimate of drug-likeness (QED) is 0.714. The van der Waals surface area contributed by atoms with Gasteiger partial charge in [0.15, 0.2) is 0 Å². The van der Waals surface area contributed by atoms with E-state index in [1.165, 1.54) is 0 Å². The predicted octanol–water partition coefficient (Wildman–Crippen LogP) is 1.56. The van der Waals surface area contributed by atoms with Crippen LogP contribution in [0.25, 0.3) is 0 Å². The topological polar surface area (TPSA) is 49.7 Å². The zero-order valence-electron chi connectivity index (χ0n) is 6.09. The van der Waals surface area contributed by atoms with Crippen LogP contribution in [-0.4, -0.2) is 23.4 Å². The second-order valence-electron chi connectivity index (χ2n) is 1.57. The van der Waals surface area contributed by atoms with Crippen molar-refractivity contribution in [1.82, 2.24) is 0 Å². The van der Waals surface area contributed by atoms with E-state index in [1.54, 1.807) is 0 Å². The van der Waals surface area contributed by atoms with Gasteiger partial charge in [-0.3, -0.25) is 0 Å². The Morgan fingerprint density at radius 2 is 1.18 bits per heavy atom. The Bertz CT molecular complexity index is 46.7. The van der Waals surface area contributed by atoms with Gasteiger partial charge in [0, 0.05) is 13.2 Å². The standard InChI is InChI=1S/C5H12O2.Cl2O.H2S/c6-4-2-1-3-5-7;1-3-2;/h6-7H,1-5H2;;1H2. The molecule has 0 saturated carbocycles. The van der Waals surface area contributed by atoms with Gasteiger partial charge < -0.3 is 10.2 Å². The molecule has 0 heterocycles. The van der Waals surface area contributed by atoms with E-state index in [4.69, 9.17) is 10.2 Å². The molecule has 0 bridgehead atoms. The van der Waals surface area contributed by atoms with Crippen LogP contribution >= 0.6 is 37.2 Å². The summed E-state index contributed by atoms with van der Waals surface area (Å²) in [7, 11) is 0. The maximum atomic E-state index is 8.21. The van der Waals surface area contributed by atoms with Gasteiger partial charge in [0.1, 0.15) is 0 Å². The minimum absolute atomic E-state index is 0. The number of unbranched alkanes of at least 4 members (excludes halogenated alkanes) is 2. The Kier molecular flexibility index (Phi) is 36.3. The molecule has 0 unspecified atom stereocenters. The SMILES string of the molecule is ClOCl.OCCCCCO.S. The predicted molar refractivity (Wildman–Crippen MR) is 51.2 cm³/mol. The molecule has 0 aromatic heterocycles. The smallest absolute Gasteiger partial charge is 0.0832 e. The molecule has 0 atom stereocenters. The molecule has 6 heteroatoms. The molecular weight excluding hydrogens is 211 g/mol. The van der Waals surface area contributed by atoms with Crippen LogP contribution in [0.2, 0.25) is 0 Å². The van der Waals surface area contributed by atoms with E-state index in [-0.39, 0.29) is 26.7 Å². The second-order valence-corrected chi connectivity index (χ2v) is 2.03. The monoisotopic (exact) mass is 224 g/mol. The van der Waals surface area contributed by atoms with E-state index in [2.05, 4.69) is 27.6 Å². The first-order chi connectivity index (χ1) is 4.83. The van der Waals surface area contributed by atoms with Crippen molar-refractivity contribution in [2.45, 2.75) is 19.3 Å². The molecule has 0 amide bonds. The van der Waals surface area contributed by atoms with Crippen LogP contribution in [0.3, 0.4) is 0 Å². The lowest BCUT2D eigenvalue weighted by Gasteiger charge is -1.90. The maximum Gasteiger partial charge on any atom is 0.0832 e. The van der Waals surface area contributed by atoms with Gasteiger partial charge in [0.2, 0.25) is 0 Å². The lowest BCUT2D eigenvalue weighted by molar-refractivity contribution is 0.257. The zero-order chi connectivity index (χ0) is 8.24. The Hall–Kier alpha value is 0.810. The van der Waals surface area contributed by atoms with Crippen molar-refractivity contribution in [2.24, 2.45) is 0 Å². The van der Waals surface area contributed by atoms with Crippen LogP contribution in [0, 0.1) is 0 Å². The van der Waals surface area contributed by atoms with Crippen LogP contribution in [0.1, 0.15) is 19.3 Å². The summed E-state index contributed by atoms with van der Waals surface area (Å²) in [6, 6.07) is 0. The van der Waals surface area contributed by atoms with Crippen molar-refractivity contribution in [3.63, 3.8) is 0 Å². The van der Waals surface area contributed by atoms with Crippen molar-refractivity contribution in [1.29, 1.82) is 0 Å². The van der Waals surface area contributed by atoms with Gasteiger partial charge in [0.25, 0.3) is 0 Å². The number of aliphatic hydroxyl groups excluding tert-OH is 2. The summed E-state index contributed by atoms with van der Waals surface area (Å²) in [6.45, 7) is 0.500. The minimum Gasteiger partial charge on any atom is -0.396 e. The van der Waals surface area contributed by atoms with E-state index in [0.717, 1.165) is 19.3 Å². The summed E-state index contributed by atoms with van der Waals surface area (Å²) in [4.78, 5) is 0. The van der Waals surface area contributed by atoms with Crippen molar-refractivity contribution in [2.75, 3.05) is 13.2 Å². The molecule has 0 aliphatic carbocycles. The molecule has 72 valence electrons. The summed E-state index contributed by atoms with van der Waals surface area (Å²) in [5.41, 5.74) is 0. The molecular formula is C5H14Cl2O3S. The third-order valence-corrected chi connectivity index (χ3v) is 0.816. The van der Waals surface area contributed by atoms with Crippen LogP contribution in [0.5, 0.6) is 0 Å². The lowest BCUT2D eigenvalue weighted by Crippen LogP contribution is -1.85. The number of aliphatic hydroxyl groups is 2. The molecule has 0 rings (SSSR count). The molecule has 11 heavy (non-hydrogen) atoms. The first kappa shape index (κ1) is 17.8. The van der Waals surface area contributed by atoms with Gasteiger partial charge in [-0.1, -0.05) is 0 Å². The Morgan fingerprint density at radius 3 is 1.36 bits per heavy atom. The minimum atomic E-state index is 0. The van der Waals surface area contributed by atoms with Gasteiger partial charge >= 0.3 is 0 Å². The molecule has 0 aromatic rings. The van der Waals surface area contributed by atoms with Crippen LogP contribution in [0.15, 0.2) is 0 Å². The van der Waals surface area contributed by atoms with E-state index in [9.17, 15) is 0 Å². The highest BCUT2D eigenvalue weighted by Crippen LogP contribution is 1.90. The molecule has 0 aliphatic rings. The molecule has 2 N–H and O–H groups in total. The van der Waals surface area contributed by atoms with E-state index in [1.807, 2.05) is 0 Å². The first-order valence-corrected chi connectivity index (χ1v) is 3.56. The summed E-state index contributed by atoms with van der Waals surface area (Å²) in [5, 5.41) is 16.4. The maximum absolute atomic E-state index is 8.21. The fraction of sp³-hybridized carbons (Fsp3) is 1.00. The zero-order valence-corrected chi connectivity index (χ0v) is 8.61. The second kappa shape index (κ2) is 22.4. The lowest BCUT2D eigenvalue weighted by atomic mass is 10.2. The Labute approximate surface area is 84.1 Å². The molecule has 0 aromatic carbocycles. The average molecular weight is 225 g/mol. The summed E-state index contributed by atoms with van der Waals surface area (Å²) in [6.07, 6.45) is 2.58. The van der Waals surface area contributed by atoms with Gasteiger partial charge in [-0.2, -0.15) is 17.3 Å². The Balaban J connectivity index is -0.000000140. The van der Waals surface area contributed by atoms with Crippen LogP contribution in [0.4, 0.5) is 0 Å². The first-order valence-electron chi connectivity index (χ1n) is 2.94. The Morgan fingerprint density at radius 1 is 0.909 bits per heavy atom. The van der Waals surface area contributed by atoms with Gasteiger partial charge in [0.05, 0.1) is 23.7 Å². The summed E-state index contributed by atoms with van der Waals surface area (Å²) < 4.78 is 3.19. The summed E-state index contributed by atoms with van der Waals surface area (Å²) >= 11 is 8.53.